The second kappa shape index (κ2) is 6.49. The van der Waals surface area contributed by atoms with Crippen molar-refractivity contribution in [2.45, 2.75) is 13.8 Å². The van der Waals surface area contributed by atoms with Gasteiger partial charge in [0.1, 0.15) is 5.82 Å². The van der Waals surface area contributed by atoms with Crippen LogP contribution >= 0.6 is 11.6 Å². The first-order chi connectivity index (χ1) is 11.5. The van der Waals surface area contributed by atoms with E-state index < -0.39 is 0 Å². The minimum Gasteiger partial charge on any atom is -0.321 e. The topological polar surface area (TPSA) is 34.0 Å². The Morgan fingerprint density at radius 2 is 1.75 bits per heavy atom. The van der Waals surface area contributed by atoms with E-state index in [1.807, 2.05) is 6.92 Å². The van der Waals surface area contributed by atoms with Gasteiger partial charge in [-0.25, -0.2) is 4.39 Å². The molecule has 3 aromatic rings. The van der Waals surface area contributed by atoms with Crippen molar-refractivity contribution in [1.29, 1.82) is 0 Å². The number of nitrogens with zero attached hydrogens (tertiary/aromatic N) is 1. The van der Waals surface area contributed by atoms with E-state index in [1.165, 1.54) is 6.07 Å². The highest BCUT2D eigenvalue weighted by molar-refractivity contribution is 6.33. The Kier molecular flexibility index (Phi) is 4.40. The van der Waals surface area contributed by atoms with Gasteiger partial charge < -0.3 is 9.88 Å². The first-order valence-electron chi connectivity index (χ1n) is 7.48. The van der Waals surface area contributed by atoms with Crippen LogP contribution in [-0.4, -0.2) is 10.5 Å². The number of para-hydroxylation sites is 2. The Balaban J connectivity index is 1.99. The van der Waals surface area contributed by atoms with E-state index in [4.69, 9.17) is 11.6 Å². The maximum Gasteiger partial charge on any atom is 0.257 e. The van der Waals surface area contributed by atoms with Crippen molar-refractivity contribution in [2.75, 3.05) is 5.32 Å². The maximum absolute atomic E-state index is 14.1. The van der Waals surface area contributed by atoms with Crippen LogP contribution < -0.4 is 5.32 Å². The van der Waals surface area contributed by atoms with E-state index in [-0.39, 0.29) is 11.7 Å². The standard InChI is InChI=1S/C19H16ClFN2O/c1-12-11-14(19(24)22-17-9-5-3-7-15(17)20)13(2)23(12)18-10-6-4-8-16(18)21/h3-11H,1-2H3,(H,22,24). The van der Waals surface area contributed by atoms with Crippen LogP contribution in [0.4, 0.5) is 10.1 Å². The molecule has 0 aliphatic carbocycles. The zero-order valence-electron chi connectivity index (χ0n) is 13.3. The number of aryl methyl sites for hydroxylation is 1. The van der Waals surface area contributed by atoms with Gasteiger partial charge in [-0.3, -0.25) is 4.79 Å². The molecule has 0 fully saturated rings. The van der Waals surface area contributed by atoms with Crippen LogP contribution in [0.25, 0.3) is 5.69 Å². The summed E-state index contributed by atoms with van der Waals surface area (Å²) in [6.07, 6.45) is 0. The molecule has 1 amide bonds. The normalized spacial score (nSPS) is 10.7. The summed E-state index contributed by atoms with van der Waals surface area (Å²) < 4.78 is 15.8. The van der Waals surface area contributed by atoms with Crippen molar-refractivity contribution in [1.82, 2.24) is 4.57 Å². The van der Waals surface area contributed by atoms with Gasteiger partial charge in [-0.2, -0.15) is 0 Å². The van der Waals surface area contributed by atoms with Gasteiger partial charge >= 0.3 is 0 Å². The summed E-state index contributed by atoms with van der Waals surface area (Å²) in [6, 6.07) is 15.3. The number of carbonyl (C=O) groups is 1. The molecule has 0 aliphatic heterocycles. The minimum absolute atomic E-state index is 0.279. The Bertz CT molecular complexity index is 917. The zero-order chi connectivity index (χ0) is 17.3. The Morgan fingerprint density at radius 3 is 2.46 bits per heavy atom. The molecule has 0 aliphatic rings. The number of hydrogen-bond acceptors (Lipinski definition) is 1. The predicted octanol–water partition coefficient (Wildman–Crippen LogP) is 5.14. The van der Waals surface area contributed by atoms with Crippen LogP contribution in [0.5, 0.6) is 0 Å². The van der Waals surface area contributed by atoms with Crippen molar-refractivity contribution in [3.63, 3.8) is 0 Å². The number of amides is 1. The summed E-state index contributed by atoms with van der Waals surface area (Å²) in [5, 5.41) is 3.26. The van der Waals surface area contributed by atoms with Crippen LogP contribution in [0.1, 0.15) is 21.7 Å². The highest BCUT2D eigenvalue weighted by Gasteiger charge is 2.18. The fourth-order valence-corrected chi connectivity index (χ4v) is 2.93. The lowest BCUT2D eigenvalue weighted by atomic mass is 10.2. The van der Waals surface area contributed by atoms with Crippen LogP contribution in [0, 0.1) is 19.7 Å². The maximum atomic E-state index is 14.1. The van der Waals surface area contributed by atoms with Gasteiger partial charge in [-0.1, -0.05) is 35.9 Å². The summed E-state index contributed by atoms with van der Waals surface area (Å²) in [4.78, 5) is 12.6. The lowest BCUT2D eigenvalue weighted by Crippen LogP contribution is -2.13. The molecule has 24 heavy (non-hydrogen) atoms. The van der Waals surface area contributed by atoms with Crippen molar-refractivity contribution >= 4 is 23.2 Å². The lowest BCUT2D eigenvalue weighted by Gasteiger charge is -2.11. The van der Waals surface area contributed by atoms with Crippen molar-refractivity contribution < 1.29 is 9.18 Å². The van der Waals surface area contributed by atoms with Crippen molar-refractivity contribution in [3.05, 3.63) is 82.4 Å². The first kappa shape index (κ1) is 16.3. The molecule has 1 aromatic heterocycles. The molecule has 3 rings (SSSR count). The third kappa shape index (κ3) is 2.93. The molecule has 122 valence electrons. The largest absolute Gasteiger partial charge is 0.321 e. The molecule has 5 heteroatoms. The van der Waals surface area contributed by atoms with Gasteiger partial charge in [0.25, 0.3) is 5.91 Å². The molecule has 2 aromatic carbocycles. The summed E-state index contributed by atoms with van der Waals surface area (Å²) in [5.74, 6) is -0.615. The van der Waals surface area contributed by atoms with E-state index in [0.717, 1.165) is 5.69 Å². The second-order valence-corrected chi connectivity index (χ2v) is 5.91. The van der Waals surface area contributed by atoms with E-state index in [0.29, 0.717) is 27.7 Å². The average molecular weight is 343 g/mol. The number of aromatic nitrogens is 1. The van der Waals surface area contributed by atoms with E-state index in [1.54, 1.807) is 60.0 Å². The molecule has 0 saturated heterocycles. The quantitative estimate of drug-likeness (QED) is 0.702. The number of rotatable bonds is 3. The number of carbonyl (C=O) groups excluding carboxylic acids is 1. The molecular formula is C19H16ClFN2O. The number of benzene rings is 2. The van der Waals surface area contributed by atoms with E-state index in [2.05, 4.69) is 5.32 Å². The monoisotopic (exact) mass is 342 g/mol. The number of anilines is 1. The van der Waals surface area contributed by atoms with Gasteiger partial charge in [-0.15, -0.1) is 0 Å². The fraction of sp³-hybridized carbons (Fsp3) is 0.105. The van der Waals surface area contributed by atoms with Crippen LogP contribution in [0.2, 0.25) is 5.02 Å². The average Bonchev–Trinajstić information content (AvgIpc) is 2.85. The van der Waals surface area contributed by atoms with Crippen molar-refractivity contribution in [3.8, 4) is 5.69 Å². The molecule has 0 spiro atoms. The van der Waals surface area contributed by atoms with Gasteiger partial charge in [0, 0.05) is 11.4 Å². The van der Waals surface area contributed by atoms with E-state index in [9.17, 15) is 9.18 Å². The minimum atomic E-state index is -0.336. The van der Waals surface area contributed by atoms with Gasteiger partial charge in [0.15, 0.2) is 0 Å². The summed E-state index contributed by atoms with van der Waals surface area (Å²) in [6.45, 7) is 3.63. The summed E-state index contributed by atoms with van der Waals surface area (Å²) in [5.41, 5.74) is 2.89. The fourth-order valence-electron chi connectivity index (χ4n) is 2.75. The molecule has 1 heterocycles. The first-order valence-corrected chi connectivity index (χ1v) is 7.86. The molecule has 0 saturated carbocycles. The third-order valence-corrected chi connectivity index (χ3v) is 4.22. The number of hydrogen-bond donors (Lipinski definition) is 1. The summed E-state index contributed by atoms with van der Waals surface area (Å²) in [7, 11) is 0. The summed E-state index contributed by atoms with van der Waals surface area (Å²) >= 11 is 6.08. The smallest absolute Gasteiger partial charge is 0.257 e. The van der Waals surface area contributed by atoms with Crippen LogP contribution in [0.3, 0.4) is 0 Å². The van der Waals surface area contributed by atoms with Gasteiger partial charge in [-0.05, 0) is 44.2 Å². The molecule has 1 N–H and O–H groups in total. The van der Waals surface area contributed by atoms with Gasteiger partial charge in [0.2, 0.25) is 0 Å². The molecule has 0 unspecified atom stereocenters. The Hall–Kier alpha value is -2.59. The molecule has 0 bridgehead atoms. The Labute approximate surface area is 144 Å². The van der Waals surface area contributed by atoms with E-state index >= 15 is 0 Å². The zero-order valence-corrected chi connectivity index (χ0v) is 14.1. The highest BCUT2D eigenvalue weighted by Crippen LogP contribution is 2.25. The SMILES string of the molecule is Cc1cc(C(=O)Nc2ccccc2Cl)c(C)n1-c1ccccc1F. The number of halogens is 2. The predicted molar refractivity (Wildman–Crippen MR) is 94.6 cm³/mol. The van der Waals surface area contributed by atoms with Gasteiger partial charge in [0.05, 0.1) is 22.0 Å². The van der Waals surface area contributed by atoms with Crippen LogP contribution in [0.15, 0.2) is 54.6 Å². The highest BCUT2D eigenvalue weighted by atomic mass is 35.5. The number of nitrogens with one attached hydrogen (secondary N) is 1. The molecule has 0 radical (unpaired) electrons. The molecular weight excluding hydrogens is 327 g/mol. The third-order valence-electron chi connectivity index (χ3n) is 3.89. The Morgan fingerprint density at radius 1 is 1.08 bits per heavy atom. The molecule has 0 atom stereocenters. The van der Waals surface area contributed by atoms with Crippen molar-refractivity contribution in [2.24, 2.45) is 0 Å². The molecule has 3 nitrogen and oxygen atoms in total. The second-order valence-electron chi connectivity index (χ2n) is 5.51. The van der Waals surface area contributed by atoms with Crippen LogP contribution in [-0.2, 0) is 0 Å². The lowest BCUT2D eigenvalue weighted by molar-refractivity contribution is 0.102.